The summed E-state index contributed by atoms with van der Waals surface area (Å²) < 4.78 is 30.1. The van der Waals surface area contributed by atoms with Gasteiger partial charge in [-0.3, -0.25) is 9.36 Å². The second-order valence-corrected chi connectivity index (χ2v) is 10.2. The average Bonchev–Trinajstić information content (AvgIpc) is 3.21. The smallest absolute Gasteiger partial charge is 0.338 e. The molecule has 1 aliphatic heterocycles. The van der Waals surface area contributed by atoms with Crippen molar-refractivity contribution >= 4 is 39.3 Å². The topological polar surface area (TPSA) is 97.6 Å². The second-order valence-electron chi connectivity index (χ2n) is 8.38. The molecule has 4 rings (SSSR count). The number of carbonyl (C=O) groups is 1. The Bertz CT molecular complexity index is 1620. The van der Waals surface area contributed by atoms with Gasteiger partial charge in [0.2, 0.25) is 0 Å². The summed E-state index contributed by atoms with van der Waals surface area (Å²) in [7, 11) is 4.66. The van der Waals surface area contributed by atoms with Gasteiger partial charge in [0.25, 0.3) is 5.56 Å². The van der Waals surface area contributed by atoms with Crippen molar-refractivity contribution in [3.63, 3.8) is 0 Å². The molecule has 0 saturated carbocycles. The van der Waals surface area contributed by atoms with Gasteiger partial charge in [-0.05, 0) is 78.2 Å². The Hall–Kier alpha value is -3.57. The van der Waals surface area contributed by atoms with Crippen LogP contribution in [0.5, 0.6) is 23.0 Å². The molecule has 1 atom stereocenters. The standard InChI is InChI=1S/C28H29BrN2O7S/c1-7-37-20-14-17(9-10-19(20)34-4)24-23(27(33)38-8-2)15(3)30-28-31(24)26(32)22(39-28)13-16-11-18(29)25(36-6)21(12-16)35-5/h9-14,24H,7-8H2,1-6H3/b22-13-/t24-/m0/s1. The van der Waals surface area contributed by atoms with E-state index in [4.69, 9.17) is 23.7 Å². The van der Waals surface area contributed by atoms with Crippen molar-refractivity contribution in [1.82, 2.24) is 4.57 Å². The molecular weight excluding hydrogens is 588 g/mol. The number of esters is 1. The van der Waals surface area contributed by atoms with Gasteiger partial charge in [0.05, 0.1) is 60.9 Å². The molecule has 0 amide bonds. The van der Waals surface area contributed by atoms with Crippen molar-refractivity contribution in [2.24, 2.45) is 4.99 Å². The number of carbonyl (C=O) groups excluding carboxylic acids is 1. The Labute approximate surface area is 238 Å². The molecule has 0 unspecified atom stereocenters. The lowest BCUT2D eigenvalue weighted by Crippen LogP contribution is -2.40. The Balaban J connectivity index is 1.96. The summed E-state index contributed by atoms with van der Waals surface area (Å²) in [6, 6.07) is 8.20. The van der Waals surface area contributed by atoms with Gasteiger partial charge in [0, 0.05) is 0 Å². The number of halogens is 1. The van der Waals surface area contributed by atoms with E-state index in [1.165, 1.54) is 15.9 Å². The van der Waals surface area contributed by atoms with Crippen molar-refractivity contribution in [3.8, 4) is 23.0 Å². The monoisotopic (exact) mass is 616 g/mol. The van der Waals surface area contributed by atoms with Crippen molar-refractivity contribution in [2.75, 3.05) is 34.5 Å². The number of ether oxygens (including phenoxy) is 5. The van der Waals surface area contributed by atoms with Gasteiger partial charge in [-0.2, -0.15) is 0 Å². The summed E-state index contributed by atoms with van der Waals surface area (Å²) in [5.74, 6) is 1.59. The molecule has 2 heterocycles. The Morgan fingerprint density at radius 2 is 1.79 bits per heavy atom. The molecule has 0 N–H and O–H groups in total. The van der Waals surface area contributed by atoms with Crippen molar-refractivity contribution in [2.45, 2.75) is 26.8 Å². The third-order valence-electron chi connectivity index (χ3n) is 6.07. The highest BCUT2D eigenvalue weighted by atomic mass is 79.9. The Morgan fingerprint density at radius 3 is 2.44 bits per heavy atom. The maximum absolute atomic E-state index is 13.9. The maximum Gasteiger partial charge on any atom is 0.338 e. The SMILES string of the molecule is CCOC(=O)C1=C(C)N=c2s/c(=C\c3cc(Br)c(OC)c(OC)c3)c(=O)n2[C@H]1c1ccc(OC)c(OCC)c1. The van der Waals surface area contributed by atoms with Gasteiger partial charge in [0.1, 0.15) is 0 Å². The van der Waals surface area contributed by atoms with Crippen LogP contribution in [0.15, 0.2) is 55.9 Å². The first kappa shape index (κ1) is 28.4. The Kier molecular flexibility index (Phi) is 8.81. The predicted octanol–water partition coefficient (Wildman–Crippen LogP) is 3.99. The number of aromatic nitrogens is 1. The van der Waals surface area contributed by atoms with E-state index in [2.05, 4.69) is 20.9 Å². The van der Waals surface area contributed by atoms with Crippen LogP contribution in [0.4, 0.5) is 0 Å². The van der Waals surface area contributed by atoms with Gasteiger partial charge in [0.15, 0.2) is 27.8 Å². The van der Waals surface area contributed by atoms with Crippen LogP contribution in [0.2, 0.25) is 0 Å². The van der Waals surface area contributed by atoms with Crippen LogP contribution < -0.4 is 33.8 Å². The molecule has 0 radical (unpaired) electrons. The predicted molar refractivity (Wildman–Crippen MR) is 152 cm³/mol. The molecule has 0 bridgehead atoms. The largest absolute Gasteiger partial charge is 0.493 e. The lowest BCUT2D eigenvalue weighted by molar-refractivity contribution is -0.139. The molecule has 3 aromatic rings. The molecule has 2 aromatic carbocycles. The third-order valence-corrected chi connectivity index (χ3v) is 7.65. The van der Waals surface area contributed by atoms with Crippen molar-refractivity contribution in [3.05, 3.63) is 76.9 Å². The fourth-order valence-corrected chi connectivity index (χ4v) is 6.08. The van der Waals surface area contributed by atoms with E-state index in [1.807, 2.05) is 19.1 Å². The number of fused-ring (bicyclic) bond motifs is 1. The van der Waals surface area contributed by atoms with Crippen LogP contribution in [0, 0.1) is 0 Å². The summed E-state index contributed by atoms with van der Waals surface area (Å²) in [5.41, 5.74) is 1.87. The number of hydrogen-bond acceptors (Lipinski definition) is 9. The zero-order chi connectivity index (χ0) is 28.3. The zero-order valence-electron chi connectivity index (χ0n) is 22.5. The molecule has 9 nitrogen and oxygen atoms in total. The number of hydrogen-bond donors (Lipinski definition) is 0. The summed E-state index contributed by atoms with van der Waals surface area (Å²) in [4.78, 5) is 32.2. The second kappa shape index (κ2) is 12.1. The molecule has 1 aliphatic rings. The molecule has 39 heavy (non-hydrogen) atoms. The molecule has 0 spiro atoms. The highest BCUT2D eigenvalue weighted by Gasteiger charge is 2.34. The average molecular weight is 618 g/mol. The number of thiazole rings is 1. The van der Waals surface area contributed by atoms with Gasteiger partial charge < -0.3 is 23.7 Å². The fraction of sp³-hybridized carbons (Fsp3) is 0.321. The van der Waals surface area contributed by atoms with Crippen LogP contribution in [-0.4, -0.2) is 45.1 Å². The normalized spacial score (nSPS) is 14.9. The summed E-state index contributed by atoms with van der Waals surface area (Å²) in [6.45, 7) is 5.96. The minimum atomic E-state index is -0.773. The van der Waals surface area contributed by atoms with Gasteiger partial charge in [-0.15, -0.1) is 0 Å². The van der Waals surface area contributed by atoms with E-state index in [0.29, 0.717) is 54.7 Å². The Morgan fingerprint density at radius 1 is 1.05 bits per heavy atom. The van der Waals surface area contributed by atoms with Gasteiger partial charge in [-0.25, -0.2) is 9.79 Å². The van der Waals surface area contributed by atoms with Crippen LogP contribution in [0.3, 0.4) is 0 Å². The minimum Gasteiger partial charge on any atom is -0.493 e. The molecule has 11 heteroatoms. The summed E-state index contributed by atoms with van der Waals surface area (Å²) in [6.07, 6.45) is 1.76. The first-order valence-electron chi connectivity index (χ1n) is 12.2. The van der Waals surface area contributed by atoms with Crippen LogP contribution in [0.25, 0.3) is 6.08 Å². The highest BCUT2D eigenvalue weighted by Crippen LogP contribution is 2.37. The summed E-state index contributed by atoms with van der Waals surface area (Å²) in [5, 5.41) is 0. The van der Waals surface area contributed by atoms with Crippen molar-refractivity contribution < 1.29 is 28.5 Å². The molecular formula is C28H29BrN2O7S. The minimum absolute atomic E-state index is 0.188. The molecule has 0 fully saturated rings. The molecule has 0 aliphatic carbocycles. The quantitative estimate of drug-likeness (QED) is 0.335. The lowest BCUT2D eigenvalue weighted by Gasteiger charge is -2.25. The maximum atomic E-state index is 13.9. The molecule has 1 aromatic heterocycles. The van der Waals surface area contributed by atoms with E-state index in [0.717, 1.165) is 5.56 Å². The van der Waals surface area contributed by atoms with Crippen molar-refractivity contribution in [1.29, 1.82) is 0 Å². The number of nitrogens with zero attached hydrogens (tertiary/aromatic N) is 2. The number of allylic oxidation sites excluding steroid dienone is 1. The molecule has 0 saturated heterocycles. The number of rotatable bonds is 9. The van der Waals surface area contributed by atoms with E-state index in [1.54, 1.807) is 59.5 Å². The van der Waals surface area contributed by atoms with Crippen LogP contribution >= 0.6 is 27.3 Å². The van der Waals surface area contributed by atoms with Gasteiger partial charge in [-0.1, -0.05) is 17.4 Å². The van der Waals surface area contributed by atoms with Crippen LogP contribution in [-0.2, 0) is 9.53 Å². The fourth-order valence-electron chi connectivity index (χ4n) is 4.41. The lowest BCUT2D eigenvalue weighted by atomic mass is 9.95. The first-order valence-corrected chi connectivity index (χ1v) is 13.8. The van der Waals surface area contributed by atoms with E-state index < -0.39 is 12.0 Å². The summed E-state index contributed by atoms with van der Waals surface area (Å²) >= 11 is 4.74. The van der Waals surface area contributed by atoms with E-state index >= 15 is 0 Å². The highest BCUT2D eigenvalue weighted by molar-refractivity contribution is 9.10. The third kappa shape index (κ3) is 5.46. The molecule has 206 valence electrons. The number of benzene rings is 2. The number of methoxy groups -OCH3 is 3. The zero-order valence-corrected chi connectivity index (χ0v) is 24.9. The first-order chi connectivity index (χ1) is 18.8. The van der Waals surface area contributed by atoms with E-state index in [-0.39, 0.29) is 17.7 Å². The van der Waals surface area contributed by atoms with Gasteiger partial charge >= 0.3 is 5.97 Å². The van der Waals surface area contributed by atoms with Crippen LogP contribution in [0.1, 0.15) is 37.9 Å². The van der Waals surface area contributed by atoms with E-state index in [9.17, 15) is 9.59 Å².